The third-order valence-electron chi connectivity index (χ3n) is 1.15. The number of nitrogens with one attached hydrogen (secondary N) is 1. The Balaban J connectivity index is 3.17. The summed E-state index contributed by atoms with van der Waals surface area (Å²) in [6.45, 7) is 0.587. The van der Waals surface area contributed by atoms with Crippen molar-refractivity contribution in [2.45, 2.75) is 19.3 Å². The first kappa shape index (κ1) is 9.99. The van der Waals surface area contributed by atoms with Gasteiger partial charge in [0.1, 0.15) is 0 Å². The average Bonchev–Trinajstić information content (AvgIpc) is 2.01. The van der Waals surface area contributed by atoms with Gasteiger partial charge in [0, 0.05) is 26.0 Å². The standard InChI is InChI=1S/C8H13NO2/c1-2-3-6-9-8(11)5-4-7-10/h1,10H,3-7H2,(H,9,11). The van der Waals surface area contributed by atoms with Crippen molar-refractivity contribution in [2.75, 3.05) is 13.2 Å². The van der Waals surface area contributed by atoms with Crippen LogP contribution in [0.4, 0.5) is 0 Å². The van der Waals surface area contributed by atoms with Gasteiger partial charge in [0.25, 0.3) is 0 Å². The van der Waals surface area contributed by atoms with Crippen LogP contribution < -0.4 is 5.32 Å². The van der Waals surface area contributed by atoms with E-state index in [0.717, 1.165) is 0 Å². The van der Waals surface area contributed by atoms with Crippen molar-refractivity contribution in [3.8, 4) is 12.3 Å². The van der Waals surface area contributed by atoms with Crippen molar-refractivity contribution >= 4 is 5.91 Å². The second-order valence-corrected chi connectivity index (χ2v) is 2.13. The van der Waals surface area contributed by atoms with Crippen LogP contribution >= 0.6 is 0 Å². The molecule has 1 amide bonds. The van der Waals surface area contributed by atoms with Gasteiger partial charge in [-0.05, 0) is 6.42 Å². The summed E-state index contributed by atoms with van der Waals surface area (Å²) in [5.74, 6) is 2.37. The lowest BCUT2D eigenvalue weighted by atomic mass is 10.3. The van der Waals surface area contributed by atoms with Crippen LogP contribution in [0.15, 0.2) is 0 Å². The first-order valence-corrected chi connectivity index (χ1v) is 3.62. The fourth-order valence-electron chi connectivity index (χ4n) is 0.602. The van der Waals surface area contributed by atoms with E-state index in [4.69, 9.17) is 11.5 Å². The monoisotopic (exact) mass is 155 g/mol. The van der Waals surface area contributed by atoms with E-state index in [1.807, 2.05) is 0 Å². The normalized spacial score (nSPS) is 8.73. The molecule has 0 heterocycles. The Kier molecular flexibility index (Phi) is 6.45. The van der Waals surface area contributed by atoms with Crippen molar-refractivity contribution < 1.29 is 9.90 Å². The van der Waals surface area contributed by atoms with E-state index >= 15 is 0 Å². The van der Waals surface area contributed by atoms with Gasteiger partial charge in [-0.3, -0.25) is 4.79 Å². The Hall–Kier alpha value is -1.01. The number of aliphatic hydroxyl groups excluding tert-OH is 1. The van der Waals surface area contributed by atoms with Gasteiger partial charge in [0.05, 0.1) is 0 Å². The van der Waals surface area contributed by atoms with Gasteiger partial charge in [0.2, 0.25) is 5.91 Å². The maximum absolute atomic E-state index is 10.8. The quantitative estimate of drug-likeness (QED) is 0.430. The topological polar surface area (TPSA) is 49.3 Å². The number of terminal acetylenes is 1. The number of hydrogen-bond acceptors (Lipinski definition) is 2. The summed E-state index contributed by atoms with van der Waals surface area (Å²) in [7, 11) is 0. The Morgan fingerprint density at radius 2 is 2.36 bits per heavy atom. The molecule has 0 fully saturated rings. The third kappa shape index (κ3) is 6.88. The van der Waals surface area contributed by atoms with Crippen LogP contribution in [-0.2, 0) is 4.79 Å². The van der Waals surface area contributed by atoms with E-state index in [2.05, 4.69) is 11.2 Å². The Morgan fingerprint density at radius 1 is 1.64 bits per heavy atom. The zero-order valence-corrected chi connectivity index (χ0v) is 6.47. The third-order valence-corrected chi connectivity index (χ3v) is 1.15. The molecule has 0 aliphatic carbocycles. The van der Waals surface area contributed by atoms with Crippen molar-refractivity contribution in [1.29, 1.82) is 0 Å². The van der Waals surface area contributed by atoms with Crippen LogP contribution in [0.25, 0.3) is 0 Å². The molecule has 0 aliphatic heterocycles. The van der Waals surface area contributed by atoms with Gasteiger partial charge in [-0.15, -0.1) is 12.3 Å². The summed E-state index contributed by atoms with van der Waals surface area (Å²) in [6.07, 6.45) is 6.43. The lowest BCUT2D eigenvalue weighted by Gasteiger charge is -2.00. The summed E-state index contributed by atoms with van der Waals surface area (Å²) in [5, 5.41) is 11.0. The second kappa shape index (κ2) is 7.10. The van der Waals surface area contributed by atoms with E-state index in [0.29, 0.717) is 25.8 Å². The van der Waals surface area contributed by atoms with Crippen LogP contribution in [0.5, 0.6) is 0 Å². The molecule has 2 N–H and O–H groups in total. The summed E-state index contributed by atoms with van der Waals surface area (Å²) in [5.41, 5.74) is 0. The number of rotatable bonds is 5. The van der Waals surface area contributed by atoms with Crippen molar-refractivity contribution in [1.82, 2.24) is 5.32 Å². The summed E-state index contributed by atoms with van der Waals surface area (Å²) < 4.78 is 0. The average molecular weight is 155 g/mol. The van der Waals surface area contributed by atoms with Crippen LogP contribution in [0.2, 0.25) is 0 Å². The fraction of sp³-hybridized carbons (Fsp3) is 0.625. The molecule has 0 rings (SSSR count). The minimum Gasteiger partial charge on any atom is -0.396 e. The molecule has 0 bridgehead atoms. The zero-order chi connectivity index (χ0) is 8.53. The van der Waals surface area contributed by atoms with Gasteiger partial charge >= 0.3 is 0 Å². The highest BCUT2D eigenvalue weighted by atomic mass is 16.3. The summed E-state index contributed by atoms with van der Waals surface area (Å²) in [6, 6.07) is 0. The molecule has 0 spiro atoms. The fourth-order valence-corrected chi connectivity index (χ4v) is 0.602. The molecule has 0 aromatic heterocycles. The lowest BCUT2D eigenvalue weighted by molar-refractivity contribution is -0.121. The van der Waals surface area contributed by atoms with E-state index in [9.17, 15) is 4.79 Å². The van der Waals surface area contributed by atoms with Crippen LogP contribution in [-0.4, -0.2) is 24.2 Å². The second-order valence-electron chi connectivity index (χ2n) is 2.13. The minimum absolute atomic E-state index is 0.0469. The number of carbonyl (C=O) groups excluding carboxylic acids is 1. The minimum atomic E-state index is -0.0469. The highest BCUT2D eigenvalue weighted by Gasteiger charge is 1.97. The van der Waals surface area contributed by atoms with Gasteiger partial charge < -0.3 is 10.4 Å². The smallest absolute Gasteiger partial charge is 0.220 e. The molecule has 11 heavy (non-hydrogen) atoms. The Bertz CT molecular complexity index is 149. The molecular formula is C8H13NO2. The number of hydrogen-bond donors (Lipinski definition) is 2. The summed E-state index contributed by atoms with van der Waals surface area (Å²) in [4.78, 5) is 10.8. The van der Waals surface area contributed by atoms with Crippen LogP contribution in [0, 0.1) is 12.3 Å². The molecule has 0 unspecified atom stereocenters. The van der Waals surface area contributed by atoms with Gasteiger partial charge in [-0.1, -0.05) is 0 Å². The zero-order valence-electron chi connectivity index (χ0n) is 6.47. The van der Waals surface area contributed by atoms with E-state index in [1.165, 1.54) is 0 Å². The molecule has 0 saturated carbocycles. The number of amides is 1. The molecule has 0 atom stereocenters. The molecule has 3 nitrogen and oxygen atoms in total. The molecule has 0 radical (unpaired) electrons. The number of carbonyl (C=O) groups is 1. The molecule has 0 saturated heterocycles. The molecule has 0 aliphatic rings. The van der Waals surface area contributed by atoms with Crippen molar-refractivity contribution in [2.24, 2.45) is 0 Å². The maximum atomic E-state index is 10.8. The van der Waals surface area contributed by atoms with Gasteiger partial charge in [-0.25, -0.2) is 0 Å². The molecule has 0 aromatic carbocycles. The maximum Gasteiger partial charge on any atom is 0.220 e. The highest BCUT2D eigenvalue weighted by Crippen LogP contribution is 1.86. The first-order chi connectivity index (χ1) is 5.31. The molecule has 62 valence electrons. The van der Waals surface area contributed by atoms with E-state index in [1.54, 1.807) is 0 Å². The van der Waals surface area contributed by atoms with E-state index in [-0.39, 0.29) is 12.5 Å². The van der Waals surface area contributed by atoms with Crippen LogP contribution in [0.3, 0.4) is 0 Å². The number of aliphatic hydroxyl groups is 1. The Labute approximate surface area is 66.8 Å². The van der Waals surface area contributed by atoms with Crippen molar-refractivity contribution in [3.05, 3.63) is 0 Å². The van der Waals surface area contributed by atoms with Crippen LogP contribution in [0.1, 0.15) is 19.3 Å². The predicted octanol–water partition coefficient (Wildman–Crippen LogP) is -0.102. The summed E-state index contributed by atoms with van der Waals surface area (Å²) >= 11 is 0. The molecule has 0 aromatic rings. The first-order valence-electron chi connectivity index (χ1n) is 3.62. The highest BCUT2D eigenvalue weighted by molar-refractivity contribution is 5.75. The van der Waals surface area contributed by atoms with E-state index < -0.39 is 0 Å². The molecular weight excluding hydrogens is 142 g/mol. The van der Waals surface area contributed by atoms with Crippen molar-refractivity contribution in [3.63, 3.8) is 0 Å². The largest absolute Gasteiger partial charge is 0.396 e. The van der Waals surface area contributed by atoms with Gasteiger partial charge in [0.15, 0.2) is 0 Å². The van der Waals surface area contributed by atoms with Gasteiger partial charge in [-0.2, -0.15) is 0 Å². The SMILES string of the molecule is C#CCCNC(=O)CCCO. The molecule has 3 heteroatoms. The lowest BCUT2D eigenvalue weighted by Crippen LogP contribution is -2.23. The predicted molar refractivity (Wildman–Crippen MR) is 42.8 cm³/mol. The Morgan fingerprint density at radius 3 is 2.91 bits per heavy atom.